The van der Waals surface area contributed by atoms with E-state index in [-0.39, 0.29) is 18.1 Å². The molecule has 3 N–H and O–H groups in total. The number of anilines is 2. The standard InChI is InChI=1S/C19H22N2O4/c1-4-13-7-5-6-12(2)18(13)21-17(22)11-25-19(23)14-8-9-16(24-3)15(20)10-14/h5-10H,4,11,20H2,1-3H3,(H,21,22). The molecule has 6 nitrogen and oxygen atoms in total. The molecule has 1 amide bonds. The number of hydrogen-bond donors (Lipinski definition) is 2. The Bertz CT molecular complexity index is 787. The fourth-order valence-corrected chi connectivity index (χ4v) is 2.45. The number of nitrogens with two attached hydrogens (primary N) is 1. The lowest BCUT2D eigenvalue weighted by Crippen LogP contribution is -2.22. The summed E-state index contributed by atoms with van der Waals surface area (Å²) in [5.74, 6) is -0.537. The molecule has 0 aliphatic carbocycles. The number of rotatable bonds is 6. The number of ether oxygens (including phenoxy) is 2. The van der Waals surface area contributed by atoms with Crippen LogP contribution >= 0.6 is 0 Å². The van der Waals surface area contributed by atoms with Gasteiger partial charge in [0.25, 0.3) is 5.91 Å². The quantitative estimate of drug-likeness (QED) is 0.622. The van der Waals surface area contributed by atoms with Crippen LogP contribution in [0.1, 0.15) is 28.4 Å². The van der Waals surface area contributed by atoms with Gasteiger partial charge in [0, 0.05) is 5.69 Å². The number of carbonyl (C=O) groups is 2. The van der Waals surface area contributed by atoms with Crippen molar-refractivity contribution in [3.8, 4) is 5.75 Å². The van der Waals surface area contributed by atoms with Gasteiger partial charge in [0.2, 0.25) is 0 Å². The molecule has 0 aliphatic heterocycles. The predicted octanol–water partition coefficient (Wildman–Crippen LogP) is 2.94. The van der Waals surface area contributed by atoms with Gasteiger partial charge < -0.3 is 20.5 Å². The molecule has 0 aliphatic rings. The molecule has 2 aromatic rings. The average molecular weight is 342 g/mol. The van der Waals surface area contributed by atoms with Gasteiger partial charge in [-0.25, -0.2) is 4.79 Å². The SMILES string of the molecule is CCc1cccc(C)c1NC(=O)COC(=O)c1ccc(OC)c(N)c1. The van der Waals surface area contributed by atoms with Crippen molar-refractivity contribution in [2.45, 2.75) is 20.3 Å². The fourth-order valence-electron chi connectivity index (χ4n) is 2.45. The Hall–Kier alpha value is -3.02. The third-order valence-corrected chi connectivity index (χ3v) is 3.80. The van der Waals surface area contributed by atoms with Crippen molar-refractivity contribution in [3.05, 3.63) is 53.1 Å². The minimum Gasteiger partial charge on any atom is -0.495 e. The van der Waals surface area contributed by atoms with E-state index in [4.69, 9.17) is 15.2 Å². The molecule has 132 valence electrons. The van der Waals surface area contributed by atoms with Crippen LogP contribution < -0.4 is 15.8 Å². The second kappa shape index (κ2) is 8.19. The Morgan fingerprint density at radius 3 is 2.60 bits per heavy atom. The summed E-state index contributed by atoms with van der Waals surface area (Å²) < 4.78 is 10.1. The van der Waals surface area contributed by atoms with Gasteiger partial charge in [-0.05, 0) is 42.7 Å². The Balaban J connectivity index is 1.98. The molecule has 0 radical (unpaired) electrons. The third-order valence-electron chi connectivity index (χ3n) is 3.80. The molecular weight excluding hydrogens is 320 g/mol. The van der Waals surface area contributed by atoms with Gasteiger partial charge in [-0.2, -0.15) is 0 Å². The van der Waals surface area contributed by atoms with Crippen LogP contribution in [0, 0.1) is 6.92 Å². The van der Waals surface area contributed by atoms with Crippen LogP contribution in [0.15, 0.2) is 36.4 Å². The highest BCUT2D eigenvalue weighted by Crippen LogP contribution is 2.23. The lowest BCUT2D eigenvalue weighted by atomic mass is 10.1. The van der Waals surface area contributed by atoms with Gasteiger partial charge in [-0.3, -0.25) is 4.79 Å². The largest absolute Gasteiger partial charge is 0.495 e. The van der Waals surface area contributed by atoms with Gasteiger partial charge >= 0.3 is 5.97 Å². The van der Waals surface area contributed by atoms with Crippen LogP contribution in [-0.2, 0) is 16.0 Å². The zero-order valence-electron chi connectivity index (χ0n) is 14.6. The van der Waals surface area contributed by atoms with Crippen LogP contribution in [0.3, 0.4) is 0 Å². The Morgan fingerprint density at radius 2 is 1.96 bits per heavy atom. The molecule has 0 heterocycles. The molecule has 6 heteroatoms. The normalized spacial score (nSPS) is 10.2. The van der Waals surface area contributed by atoms with Crippen LogP contribution in [0.4, 0.5) is 11.4 Å². The number of amides is 1. The van der Waals surface area contributed by atoms with Gasteiger partial charge in [-0.1, -0.05) is 25.1 Å². The maximum atomic E-state index is 12.1. The van der Waals surface area contributed by atoms with Gasteiger partial charge in [-0.15, -0.1) is 0 Å². The molecule has 0 unspecified atom stereocenters. The molecule has 0 atom stereocenters. The topological polar surface area (TPSA) is 90.6 Å². The highest BCUT2D eigenvalue weighted by molar-refractivity contribution is 5.96. The number of para-hydroxylation sites is 1. The molecular formula is C19H22N2O4. The number of nitrogens with one attached hydrogen (secondary N) is 1. The Kier molecular flexibility index (Phi) is 6.00. The summed E-state index contributed by atoms with van der Waals surface area (Å²) in [6.45, 7) is 3.56. The maximum absolute atomic E-state index is 12.1. The van der Waals surface area contributed by atoms with Crippen molar-refractivity contribution >= 4 is 23.3 Å². The first-order valence-corrected chi connectivity index (χ1v) is 7.95. The van der Waals surface area contributed by atoms with E-state index in [1.165, 1.54) is 19.2 Å². The first kappa shape index (κ1) is 18.3. The summed E-state index contributed by atoms with van der Waals surface area (Å²) in [6, 6.07) is 10.4. The summed E-state index contributed by atoms with van der Waals surface area (Å²) in [4.78, 5) is 24.1. The van der Waals surface area contributed by atoms with E-state index >= 15 is 0 Å². The minimum atomic E-state index is -0.620. The maximum Gasteiger partial charge on any atom is 0.338 e. The first-order chi connectivity index (χ1) is 12.0. The monoisotopic (exact) mass is 342 g/mol. The molecule has 0 spiro atoms. The van der Waals surface area contributed by atoms with Crippen LogP contribution in [0.5, 0.6) is 5.75 Å². The van der Waals surface area contributed by atoms with E-state index in [1.54, 1.807) is 6.07 Å². The second-order valence-corrected chi connectivity index (χ2v) is 5.54. The van der Waals surface area contributed by atoms with Gasteiger partial charge in [0.05, 0.1) is 18.4 Å². The molecule has 0 bridgehead atoms. The molecule has 0 fully saturated rings. The summed E-state index contributed by atoms with van der Waals surface area (Å²) in [5, 5.41) is 2.81. The summed E-state index contributed by atoms with van der Waals surface area (Å²) in [5.41, 5.74) is 9.11. The molecule has 2 rings (SSSR count). The van der Waals surface area contributed by atoms with Crippen molar-refractivity contribution in [1.29, 1.82) is 0 Å². The van der Waals surface area contributed by atoms with E-state index in [2.05, 4.69) is 5.32 Å². The van der Waals surface area contributed by atoms with Crippen molar-refractivity contribution in [3.63, 3.8) is 0 Å². The number of benzene rings is 2. The average Bonchev–Trinajstić information content (AvgIpc) is 2.61. The van der Waals surface area contributed by atoms with Crippen LogP contribution in [-0.4, -0.2) is 25.6 Å². The smallest absolute Gasteiger partial charge is 0.338 e. The lowest BCUT2D eigenvalue weighted by Gasteiger charge is -2.13. The summed E-state index contributed by atoms with van der Waals surface area (Å²) in [6.07, 6.45) is 0.794. The number of nitrogen functional groups attached to an aromatic ring is 1. The number of carbonyl (C=O) groups excluding carboxylic acids is 2. The van der Waals surface area contributed by atoms with Gasteiger partial charge in [0.15, 0.2) is 6.61 Å². The second-order valence-electron chi connectivity index (χ2n) is 5.54. The predicted molar refractivity (Wildman–Crippen MR) is 96.9 cm³/mol. The van der Waals surface area contributed by atoms with Crippen LogP contribution in [0.25, 0.3) is 0 Å². The van der Waals surface area contributed by atoms with Gasteiger partial charge in [0.1, 0.15) is 5.75 Å². The molecule has 25 heavy (non-hydrogen) atoms. The molecule has 2 aromatic carbocycles. The Labute approximate surface area is 146 Å². The molecule has 0 saturated heterocycles. The highest BCUT2D eigenvalue weighted by atomic mass is 16.5. The summed E-state index contributed by atoms with van der Waals surface area (Å²) in [7, 11) is 1.49. The lowest BCUT2D eigenvalue weighted by molar-refractivity contribution is -0.119. The number of esters is 1. The summed E-state index contributed by atoms with van der Waals surface area (Å²) >= 11 is 0. The van der Waals surface area contributed by atoms with E-state index in [1.807, 2.05) is 32.0 Å². The van der Waals surface area contributed by atoms with Crippen molar-refractivity contribution in [1.82, 2.24) is 0 Å². The van der Waals surface area contributed by atoms with E-state index in [0.29, 0.717) is 11.4 Å². The van der Waals surface area contributed by atoms with Crippen molar-refractivity contribution < 1.29 is 19.1 Å². The first-order valence-electron chi connectivity index (χ1n) is 7.95. The zero-order chi connectivity index (χ0) is 18.4. The highest BCUT2D eigenvalue weighted by Gasteiger charge is 2.14. The third kappa shape index (κ3) is 4.50. The Morgan fingerprint density at radius 1 is 1.20 bits per heavy atom. The van der Waals surface area contributed by atoms with E-state index in [9.17, 15) is 9.59 Å². The van der Waals surface area contributed by atoms with Crippen molar-refractivity contribution in [2.75, 3.05) is 24.8 Å². The van der Waals surface area contributed by atoms with Crippen LogP contribution in [0.2, 0.25) is 0 Å². The fraction of sp³-hybridized carbons (Fsp3) is 0.263. The molecule has 0 aromatic heterocycles. The van der Waals surface area contributed by atoms with E-state index < -0.39 is 5.97 Å². The zero-order valence-corrected chi connectivity index (χ0v) is 14.6. The molecule has 0 saturated carbocycles. The number of hydrogen-bond acceptors (Lipinski definition) is 5. The van der Waals surface area contributed by atoms with Crippen molar-refractivity contribution in [2.24, 2.45) is 0 Å². The number of methoxy groups -OCH3 is 1. The van der Waals surface area contributed by atoms with E-state index in [0.717, 1.165) is 23.2 Å². The number of aryl methyl sites for hydroxylation is 2. The minimum absolute atomic E-state index is 0.260.